The lowest BCUT2D eigenvalue weighted by atomic mass is 10.1. The molecule has 0 aliphatic rings. The summed E-state index contributed by atoms with van der Waals surface area (Å²) >= 11 is 0. The molecule has 1 aromatic heterocycles. The molecule has 0 aliphatic carbocycles. The maximum Gasteiger partial charge on any atom is 0.0991 e. The van der Waals surface area contributed by atoms with Crippen LogP contribution in [0.2, 0.25) is 0 Å². The maximum absolute atomic E-state index is 8.78. The van der Waals surface area contributed by atoms with Gasteiger partial charge < -0.3 is 10.4 Å². The number of anilines is 1. The fourth-order valence-electron chi connectivity index (χ4n) is 1.58. The summed E-state index contributed by atoms with van der Waals surface area (Å²) in [5, 5.41) is 24.8. The number of hydrogen-bond donors (Lipinski definition) is 2. The van der Waals surface area contributed by atoms with Crippen molar-refractivity contribution in [1.29, 1.82) is 5.26 Å². The highest BCUT2D eigenvalue weighted by Gasteiger charge is 1.98. The Morgan fingerprint density at radius 3 is 2.78 bits per heavy atom. The fraction of sp³-hybridized carbons (Fsp3) is 0.231. The molecule has 92 valence electrons. The number of benzene rings is 1. The number of rotatable bonds is 5. The Hall–Kier alpha value is -2.32. The molecular formula is C13H14N4O. The Labute approximate surface area is 105 Å². The third-order valence-corrected chi connectivity index (χ3v) is 2.54. The number of nitrogens with one attached hydrogen (secondary N) is 1. The topological polar surface area (TPSA) is 73.9 Å². The number of hydrogen-bond acceptors (Lipinski definition) is 4. The van der Waals surface area contributed by atoms with Crippen LogP contribution >= 0.6 is 0 Å². The molecule has 0 aliphatic heterocycles. The first-order valence-corrected chi connectivity index (χ1v) is 5.68. The van der Waals surface area contributed by atoms with Crippen LogP contribution in [-0.4, -0.2) is 21.5 Å². The van der Waals surface area contributed by atoms with Crippen molar-refractivity contribution in [1.82, 2.24) is 9.78 Å². The zero-order chi connectivity index (χ0) is 12.8. The van der Waals surface area contributed by atoms with Crippen LogP contribution in [0.25, 0.3) is 0 Å². The van der Waals surface area contributed by atoms with Gasteiger partial charge in [-0.25, -0.2) is 0 Å². The van der Waals surface area contributed by atoms with E-state index >= 15 is 0 Å². The molecule has 0 bridgehead atoms. The van der Waals surface area contributed by atoms with Crippen LogP contribution in [0.1, 0.15) is 11.1 Å². The van der Waals surface area contributed by atoms with E-state index in [2.05, 4.69) is 16.5 Å². The third-order valence-electron chi connectivity index (χ3n) is 2.54. The molecule has 2 rings (SSSR count). The Morgan fingerprint density at radius 2 is 2.11 bits per heavy atom. The van der Waals surface area contributed by atoms with Crippen molar-refractivity contribution < 1.29 is 5.11 Å². The van der Waals surface area contributed by atoms with Gasteiger partial charge in [-0.2, -0.15) is 10.4 Å². The Morgan fingerprint density at radius 1 is 1.33 bits per heavy atom. The zero-order valence-corrected chi connectivity index (χ0v) is 9.87. The summed E-state index contributed by atoms with van der Waals surface area (Å²) in [6.45, 7) is 1.26. The number of aliphatic hydroxyl groups is 1. The second-order valence-electron chi connectivity index (χ2n) is 3.88. The first-order valence-electron chi connectivity index (χ1n) is 5.68. The van der Waals surface area contributed by atoms with Gasteiger partial charge >= 0.3 is 0 Å². The van der Waals surface area contributed by atoms with Crippen molar-refractivity contribution in [2.24, 2.45) is 0 Å². The number of nitriles is 1. The Kier molecular flexibility index (Phi) is 3.94. The van der Waals surface area contributed by atoms with Crippen LogP contribution in [0.3, 0.4) is 0 Å². The van der Waals surface area contributed by atoms with Gasteiger partial charge in [-0.3, -0.25) is 4.68 Å². The molecule has 2 N–H and O–H groups in total. The molecule has 18 heavy (non-hydrogen) atoms. The van der Waals surface area contributed by atoms with E-state index in [1.54, 1.807) is 23.0 Å². The van der Waals surface area contributed by atoms with Crippen molar-refractivity contribution in [2.75, 3.05) is 11.9 Å². The van der Waals surface area contributed by atoms with Crippen LogP contribution in [0.15, 0.2) is 36.7 Å². The highest BCUT2D eigenvalue weighted by Crippen LogP contribution is 2.09. The fourth-order valence-corrected chi connectivity index (χ4v) is 1.58. The van der Waals surface area contributed by atoms with E-state index < -0.39 is 0 Å². The summed E-state index contributed by atoms with van der Waals surface area (Å²) in [7, 11) is 0. The summed E-state index contributed by atoms with van der Waals surface area (Å²) in [5.41, 5.74) is 2.67. The van der Waals surface area contributed by atoms with E-state index in [-0.39, 0.29) is 6.61 Å². The van der Waals surface area contributed by atoms with Gasteiger partial charge in [0.05, 0.1) is 36.7 Å². The lowest BCUT2D eigenvalue weighted by Gasteiger charge is -2.03. The molecule has 0 saturated heterocycles. The van der Waals surface area contributed by atoms with Gasteiger partial charge in [-0.05, 0) is 17.7 Å². The third kappa shape index (κ3) is 3.09. The largest absolute Gasteiger partial charge is 0.394 e. The normalized spacial score (nSPS) is 10.0. The van der Waals surface area contributed by atoms with Crippen LogP contribution in [0, 0.1) is 11.3 Å². The smallest absolute Gasteiger partial charge is 0.0991 e. The van der Waals surface area contributed by atoms with E-state index in [0.717, 1.165) is 11.3 Å². The standard InChI is InChI=1S/C13H14N4O/c14-7-11-1-3-12(4-2-11)8-15-13-9-16-17(10-13)5-6-18/h1-4,9-10,15,18H,5-6,8H2. The minimum absolute atomic E-state index is 0.0801. The molecule has 1 heterocycles. The zero-order valence-electron chi connectivity index (χ0n) is 9.87. The monoisotopic (exact) mass is 242 g/mol. The molecule has 2 aromatic rings. The highest BCUT2D eigenvalue weighted by molar-refractivity contribution is 5.40. The molecule has 5 nitrogen and oxygen atoms in total. The maximum atomic E-state index is 8.78. The molecule has 0 unspecified atom stereocenters. The molecule has 5 heteroatoms. The second-order valence-corrected chi connectivity index (χ2v) is 3.88. The molecule has 0 atom stereocenters. The van der Waals surface area contributed by atoms with Crippen LogP contribution in [-0.2, 0) is 13.1 Å². The van der Waals surface area contributed by atoms with Gasteiger partial charge in [0, 0.05) is 12.7 Å². The van der Waals surface area contributed by atoms with E-state index in [0.29, 0.717) is 18.7 Å². The first-order chi connectivity index (χ1) is 8.81. The van der Waals surface area contributed by atoms with Crippen molar-refractivity contribution in [3.63, 3.8) is 0 Å². The first kappa shape index (κ1) is 12.1. The van der Waals surface area contributed by atoms with Crippen molar-refractivity contribution in [2.45, 2.75) is 13.1 Å². The van der Waals surface area contributed by atoms with E-state index in [4.69, 9.17) is 10.4 Å². The number of nitrogens with zero attached hydrogens (tertiary/aromatic N) is 3. The van der Waals surface area contributed by atoms with Crippen LogP contribution in [0.4, 0.5) is 5.69 Å². The molecule has 0 fully saturated rings. The van der Waals surface area contributed by atoms with E-state index in [1.807, 2.05) is 18.3 Å². The second kappa shape index (κ2) is 5.84. The quantitative estimate of drug-likeness (QED) is 0.830. The van der Waals surface area contributed by atoms with Crippen molar-refractivity contribution in [3.05, 3.63) is 47.8 Å². The molecular weight excluding hydrogens is 228 g/mol. The van der Waals surface area contributed by atoms with Gasteiger partial charge in [0.2, 0.25) is 0 Å². The summed E-state index contributed by atoms with van der Waals surface area (Å²) in [5.74, 6) is 0. The van der Waals surface area contributed by atoms with E-state index in [1.165, 1.54) is 0 Å². The highest BCUT2D eigenvalue weighted by atomic mass is 16.3. The summed E-state index contributed by atoms with van der Waals surface area (Å²) in [6, 6.07) is 9.52. The minimum Gasteiger partial charge on any atom is -0.394 e. The average molecular weight is 242 g/mol. The van der Waals surface area contributed by atoms with E-state index in [9.17, 15) is 0 Å². The van der Waals surface area contributed by atoms with Crippen molar-refractivity contribution >= 4 is 5.69 Å². The average Bonchev–Trinajstić information content (AvgIpc) is 2.85. The number of aliphatic hydroxyl groups excluding tert-OH is 1. The van der Waals surface area contributed by atoms with Gasteiger partial charge in [-0.1, -0.05) is 12.1 Å². The summed E-state index contributed by atoms with van der Waals surface area (Å²) < 4.78 is 1.68. The summed E-state index contributed by atoms with van der Waals surface area (Å²) in [6.07, 6.45) is 3.57. The molecule has 0 spiro atoms. The summed E-state index contributed by atoms with van der Waals surface area (Å²) in [4.78, 5) is 0. The lowest BCUT2D eigenvalue weighted by molar-refractivity contribution is 0.269. The van der Waals surface area contributed by atoms with Gasteiger partial charge in [0.25, 0.3) is 0 Å². The lowest BCUT2D eigenvalue weighted by Crippen LogP contribution is -2.02. The van der Waals surface area contributed by atoms with Gasteiger partial charge in [-0.15, -0.1) is 0 Å². The minimum atomic E-state index is 0.0801. The van der Waals surface area contributed by atoms with Crippen LogP contribution in [0.5, 0.6) is 0 Å². The predicted octanol–water partition coefficient (Wildman–Crippen LogP) is 1.36. The molecule has 0 radical (unpaired) electrons. The van der Waals surface area contributed by atoms with Crippen LogP contribution < -0.4 is 5.32 Å². The van der Waals surface area contributed by atoms with Gasteiger partial charge in [0.1, 0.15) is 0 Å². The SMILES string of the molecule is N#Cc1ccc(CNc2cnn(CCO)c2)cc1. The molecule has 0 amide bonds. The molecule has 0 saturated carbocycles. The van der Waals surface area contributed by atoms with Gasteiger partial charge in [0.15, 0.2) is 0 Å². The van der Waals surface area contributed by atoms with Crippen molar-refractivity contribution in [3.8, 4) is 6.07 Å². The number of aromatic nitrogens is 2. The molecule has 1 aromatic carbocycles. The Bertz CT molecular complexity index is 539. The predicted molar refractivity (Wildman–Crippen MR) is 67.8 cm³/mol. The Balaban J connectivity index is 1.91.